The predicted molar refractivity (Wildman–Crippen MR) is 126 cm³/mol. The molecule has 10 heteroatoms. The number of likely N-dealkylation sites (N-methyl/N-ethyl adjacent to an activating group) is 1. The first kappa shape index (κ1) is 20.7. The summed E-state index contributed by atoms with van der Waals surface area (Å²) in [6.45, 7) is 1.50. The van der Waals surface area contributed by atoms with E-state index in [2.05, 4.69) is 5.32 Å². The Morgan fingerprint density at radius 2 is 2.11 bits per heavy atom. The number of anilines is 1. The van der Waals surface area contributed by atoms with E-state index >= 15 is 0 Å². The van der Waals surface area contributed by atoms with Gasteiger partial charge in [0.1, 0.15) is 17.7 Å². The molecule has 0 unspecified atom stereocenters. The molecule has 0 radical (unpaired) electrons. The number of nitriles is 1. The van der Waals surface area contributed by atoms with E-state index in [1.165, 1.54) is 6.07 Å². The van der Waals surface area contributed by atoms with Gasteiger partial charge in [-0.1, -0.05) is 18.9 Å². The zero-order chi connectivity index (χ0) is 28.2. The lowest BCUT2D eigenvalue weighted by Gasteiger charge is -2.34. The molecule has 4 amide bonds. The van der Waals surface area contributed by atoms with Crippen LogP contribution in [0.3, 0.4) is 0 Å². The fourth-order valence-corrected chi connectivity index (χ4v) is 4.87. The molecule has 2 fully saturated rings. The molecular formula is C25H31N5O5. The largest absolute Gasteiger partial charge is 0.444 e. The van der Waals surface area contributed by atoms with Crippen LogP contribution in [-0.2, 0) is 24.5 Å². The third-order valence-electron chi connectivity index (χ3n) is 6.76. The summed E-state index contributed by atoms with van der Waals surface area (Å²) in [5, 5.41) is 12.0. The monoisotopic (exact) mass is 484 g/mol. The summed E-state index contributed by atoms with van der Waals surface area (Å²) in [6, 6.07) is 4.00. The van der Waals surface area contributed by atoms with Crippen LogP contribution < -0.4 is 11.1 Å². The summed E-state index contributed by atoms with van der Waals surface area (Å²) in [7, 11) is 0. The van der Waals surface area contributed by atoms with Crippen LogP contribution in [0.4, 0.5) is 10.5 Å². The van der Waals surface area contributed by atoms with E-state index in [1.807, 2.05) is 6.07 Å². The summed E-state index contributed by atoms with van der Waals surface area (Å²) < 4.78 is 29.5. The Morgan fingerprint density at radius 1 is 1.40 bits per heavy atom. The number of hydrogen-bond acceptors (Lipinski definition) is 6. The summed E-state index contributed by atoms with van der Waals surface area (Å²) in [5.41, 5.74) is 4.59. The smallest absolute Gasteiger partial charge is 0.410 e. The number of ether oxygens (including phenoxy) is 1. The van der Waals surface area contributed by atoms with Gasteiger partial charge in [-0.05, 0) is 57.2 Å². The van der Waals surface area contributed by atoms with Crippen LogP contribution in [0.25, 0.3) is 0 Å². The van der Waals surface area contributed by atoms with E-state index in [4.69, 9.17) is 14.6 Å². The van der Waals surface area contributed by atoms with Crippen LogP contribution in [0, 0.1) is 17.2 Å². The number of carbonyl (C=O) groups is 4. The van der Waals surface area contributed by atoms with Gasteiger partial charge in [0.05, 0.1) is 17.0 Å². The lowest BCUT2D eigenvalue weighted by molar-refractivity contribution is -0.141. The van der Waals surface area contributed by atoms with Crippen LogP contribution in [-0.4, -0.2) is 64.8 Å². The number of nitrogens with one attached hydrogen (secondary N) is 1. The lowest BCUT2D eigenvalue weighted by Crippen LogP contribution is -2.54. The van der Waals surface area contributed by atoms with Crippen LogP contribution in [0.1, 0.15) is 61.7 Å². The highest BCUT2D eigenvalue weighted by Crippen LogP contribution is 2.47. The number of amides is 4. The van der Waals surface area contributed by atoms with Crippen LogP contribution in [0.5, 0.6) is 0 Å². The molecule has 1 saturated heterocycles. The zero-order valence-corrected chi connectivity index (χ0v) is 20.0. The van der Waals surface area contributed by atoms with Crippen LogP contribution in [0.2, 0.25) is 0 Å². The molecule has 0 bridgehead atoms. The van der Waals surface area contributed by atoms with Crippen molar-refractivity contribution in [1.82, 2.24) is 9.80 Å². The Morgan fingerprint density at radius 3 is 2.69 bits per heavy atom. The van der Waals surface area contributed by atoms with Gasteiger partial charge in [0, 0.05) is 23.3 Å². The molecule has 1 aliphatic carbocycles. The van der Waals surface area contributed by atoms with Crippen molar-refractivity contribution >= 4 is 29.5 Å². The normalized spacial score (nSPS) is 25.5. The molecule has 1 saturated carbocycles. The van der Waals surface area contributed by atoms with Gasteiger partial charge in [-0.15, -0.1) is 0 Å². The van der Waals surface area contributed by atoms with Crippen molar-refractivity contribution in [3.8, 4) is 6.07 Å². The molecular weight excluding hydrogens is 450 g/mol. The minimum absolute atomic E-state index is 0.0275. The number of benzene rings is 1. The molecule has 2 aliphatic heterocycles. The molecule has 2 heterocycles. The molecule has 0 aromatic heterocycles. The highest BCUT2D eigenvalue weighted by atomic mass is 16.6. The fraction of sp³-hybridized carbons (Fsp3) is 0.560. The van der Waals surface area contributed by atoms with Gasteiger partial charge >= 0.3 is 6.09 Å². The maximum absolute atomic E-state index is 14.1. The van der Waals surface area contributed by atoms with E-state index < -0.39 is 53.9 Å². The molecule has 1 aromatic carbocycles. The van der Waals surface area contributed by atoms with E-state index in [1.54, 1.807) is 32.9 Å². The Bertz CT molecular complexity index is 1230. The number of nitrogens with zero attached hydrogens (tertiary/aromatic N) is 3. The van der Waals surface area contributed by atoms with Crippen molar-refractivity contribution in [2.45, 2.75) is 69.6 Å². The lowest BCUT2D eigenvalue weighted by atomic mass is 9.79. The fourth-order valence-electron chi connectivity index (χ4n) is 4.87. The molecule has 10 nitrogen and oxygen atoms in total. The topological polar surface area (TPSA) is 146 Å². The third-order valence-corrected chi connectivity index (χ3v) is 6.76. The summed E-state index contributed by atoms with van der Waals surface area (Å²) in [6.07, 6.45) is 0.323. The van der Waals surface area contributed by atoms with Crippen molar-refractivity contribution in [2.75, 3.05) is 18.8 Å². The van der Waals surface area contributed by atoms with Crippen molar-refractivity contribution < 1.29 is 28.0 Å². The third kappa shape index (κ3) is 4.55. The van der Waals surface area contributed by atoms with Crippen LogP contribution >= 0.6 is 0 Å². The van der Waals surface area contributed by atoms with Gasteiger partial charge < -0.3 is 20.7 Å². The van der Waals surface area contributed by atoms with Gasteiger partial charge in [0.2, 0.25) is 17.7 Å². The first-order valence-corrected chi connectivity index (χ1v) is 11.6. The number of nitrogens with two attached hydrogens (primary N) is 1. The Hall–Kier alpha value is -3.61. The Balaban J connectivity index is 1.74. The second kappa shape index (κ2) is 8.56. The average molecular weight is 485 g/mol. The minimum atomic E-state index is -3.01. The number of fused-ring (bicyclic) bond motifs is 2. The molecule has 1 aromatic rings. The van der Waals surface area contributed by atoms with Gasteiger partial charge in [0.25, 0.3) is 0 Å². The molecule has 3 aliphatic rings. The molecule has 1 spiro atoms. The summed E-state index contributed by atoms with van der Waals surface area (Å²) >= 11 is 0. The summed E-state index contributed by atoms with van der Waals surface area (Å²) in [5.74, 6) is -2.06. The number of rotatable bonds is 5. The number of carbonyl (C=O) groups excluding carboxylic acids is 4. The summed E-state index contributed by atoms with van der Waals surface area (Å²) in [4.78, 5) is 54.6. The first-order chi connectivity index (χ1) is 17.6. The maximum atomic E-state index is 14.1. The van der Waals surface area contributed by atoms with Crippen molar-refractivity contribution in [3.63, 3.8) is 0 Å². The molecule has 4 rings (SSSR count). The molecule has 186 valence electrons. The van der Waals surface area contributed by atoms with Crippen molar-refractivity contribution in [2.24, 2.45) is 11.7 Å². The van der Waals surface area contributed by atoms with E-state index in [-0.39, 0.29) is 25.3 Å². The van der Waals surface area contributed by atoms with Gasteiger partial charge in [0.15, 0.2) is 0 Å². The zero-order valence-electron chi connectivity index (χ0n) is 23.0. The van der Waals surface area contributed by atoms with E-state index in [9.17, 15) is 24.4 Å². The highest BCUT2D eigenvalue weighted by molar-refractivity contribution is 6.08. The Kier molecular flexibility index (Phi) is 5.07. The Labute approximate surface area is 208 Å². The second-order valence-corrected chi connectivity index (χ2v) is 10.5. The maximum Gasteiger partial charge on any atom is 0.410 e. The minimum Gasteiger partial charge on any atom is -0.444 e. The van der Waals surface area contributed by atoms with Gasteiger partial charge in [-0.2, -0.15) is 5.26 Å². The quantitative estimate of drug-likeness (QED) is 0.652. The number of hydrogen-bond donors (Lipinski definition) is 2. The standard InChI is InChI=1S/C25H31N5O5/c1-24(2,3)35-23(34)29(4)18(10-14-5-6-14)21(32)30-13-25(11-19(30)20(27)31)16-8-7-15(12-26)9-17(16)28-22(25)33/h7-9,14,18-19H,5-6,10-11,13H2,1-4H3,(H2,27,31)(H,28,33)/t18-,19-,25-/m0/s1/i4D3. The number of primary amides is 1. The molecule has 3 atom stereocenters. The van der Waals surface area contributed by atoms with E-state index in [0.29, 0.717) is 21.7 Å². The first-order valence-electron chi connectivity index (χ1n) is 13.1. The molecule has 35 heavy (non-hydrogen) atoms. The van der Waals surface area contributed by atoms with Crippen molar-refractivity contribution in [3.05, 3.63) is 29.3 Å². The van der Waals surface area contributed by atoms with Gasteiger partial charge in [-0.3, -0.25) is 19.3 Å². The van der Waals surface area contributed by atoms with Gasteiger partial charge in [-0.25, -0.2) is 4.79 Å². The highest BCUT2D eigenvalue weighted by Gasteiger charge is 2.58. The average Bonchev–Trinajstić information content (AvgIpc) is 3.45. The molecule has 3 N–H and O–H groups in total. The van der Waals surface area contributed by atoms with Crippen molar-refractivity contribution in [1.29, 1.82) is 5.26 Å². The van der Waals surface area contributed by atoms with Crippen LogP contribution in [0.15, 0.2) is 18.2 Å². The predicted octanol–water partition coefficient (Wildman–Crippen LogP) is 1.87. The second-order valence-electron chi connectivity index (χ2n) is 10.5. The number of likely N-dealkylation sites (tertiary alicyclic amines) is 1. The SMILES string of the molecule is [2H]C([2H])([2H])N(C(=O)OC(C)(C)C)[C@@H](CC1CC1)C(=O)N1C[C@]2(C[C@H]1C(N)=O)C(=O)Nc1cc(C#N)ccc12. The van der Waals surface area contributed by atoms with E-state index in [0.717, 1.165) is 17.7 Å².